The molecule has 4 aromatic rings. The number of carboxylic acid groups (broad SMARTS) is 1. The Morgan fingerprint density at radius 1 is 1.09 bits per heavy atom. The molecule has 2 aromatic carbocycles. The van der Waals surface area contributed by atoms with Gasteiger partial charge in [-0.25, -0.2) is 14.6 Å². The second-order valence-electron chi connectivity index (χ2n) is 10.9. The minimum Gasteiger partial charge on any atom is -0.493 e. The van der Waals surface area contributed by atoms with Crippen LogP contribution in [0.15, 0.2) is 69.6 Å². The summed E-state index contributed by atoms with van der Waals surface area (Å²) in [6.07, 6.45) is 1.73. The van der Waals surface area contributed by atoms with Crippen LogP contribution in [-0.4, -0.2) is 46.0 Å². The van der Waals surface area contributed by atoms with E-state index in [0.717, 1.165) is 17.0 Å². The number of hydrogen-bond acceptors (Lipinski definition) is 8. The summed E-state index contributed by atoms with van der Waals surface area (Å²) in [4.78, 5) is 44.2. The highest BCUT2D eigenvalue weighted by Crippen LogP contribution is 2.36. The number of aromatic carboxylic acids is 1. The first-order chi connectivity index (χ1) is 21.4. The second-order valence-corrected chi connectivity index (χ2v) is 11.9. The lowest BCUT2D eigenvalue weighted by Gasteiger charge is -2.25. The quantitative estimate of drug-likeness (QED) is 0.267. The Balaban J connectivity index is 1.68. The van der Waals surface area contributed by atoms with Gasteiger partial charge in [0.15, 0.2) is 16.3 Å². The number of carbonyl (C=O) groups excluding carboxylic acids is 1. The number of nitrogens with zero attached hydrogens (tertiary/aromatic N) is 3. The molecule has 1 aliphatic heterocycles. The number of benzene rings is 2. The van der Waals surface area contributed by atoms with Crippen molar-refractivity contribution in [2.24, 2.45) is 4.99 Å². The van der Waals surface area contributed by atoms with Crippen molar-refractivity contribution in [2.75, 3.05) is 13.7 Å². The van der Waals surface area contributed by atoms with Gasteiger partial charge >= 0.3 is 11.9 Å². The third-order valence-electron chi connectivity index (χ3n) is 7.49. The Morgan fingerprint density at radius 3 is 2.51 bits per heavy atom. The summed E-state index contributed by atoms with van der Waals surface area (Å²) in [5, 5.41) is 9.48. The monoisotopic (exact) mass is 629 g/mol. The van der Waals surface area contributed by atoms with Crippen molar-refractivity contribution in [3.8, 4) is 17.2 Å². The molecule has 0 saturated heterocycles. The van der Waals surface area contributed by atoms with Gasteiger partial charge in [-0.05, 0) is 95.1 Å². The van der Waals surface area contributed by atoms with Crippen molar-refractivity contribution in [1.82, 2.24) is 9.13 Å². The van der Waals surface area contributed by atoms with E-state index in [9.17, 15) is 19.5 Å². The van der Waals surface area contributed by atoms with Crippen LogP contribution in [0, 0.1) is 13.8 Å². The number of carboxylic acids is 1. The van der Waals surface area contributed by atoms with Gasteiger partial charge in [-0.1, -0.05) is 23.5 Å². The van der Waals surface area contributed by atoms with E-state index in [0.29, 0.717) is 37.8 Å². The van der Waals surface area contributed by atoms with Crippen LogP contribution in [0.4, 0.5) is 0 Å². The molecule has 0 unspecified atom stereocenters. The Kier molecular flexibility index (Phi) is 8.83. The first-order valence-electron chi connectivity index (χ1n) is 14.5. The molecular formula is C34H35N3O7S. The van der Waals surface area contributed by atoms with Crippen molar-refractivity contribution < 1.29 is 28.9 Å². The summed E-state index contributed by atoms with van der Waals surface area (Å²) in [5.74, 6) is -0.536. The molecule has 3 heterocycles. The number of hydrogen-bond donors (Lipinski definition) is 1. The highest BCUT2D eigenvalue weighted by Gasteiger charge is 2.34. The molecule has 0 bridgehead atoms. The molecule has 5 rings (SSSR count). The maximum absolute atomic E-state index is 14.2. The molecule has 45 heavy (non-hydrogen) atoms. The smallest absolute Gasteiger partial charge is 0.338 e. The third kappa shape index (κ3) is 5.95. The maximum atomic E-state index is 14.2. The molecule has 0 fully saturated rings. The highest BCUT2D eigenvalue weighted by atomic mass is 32.1. The molecule has 11 heteroatoms. The van der Waals surface area contributed by atoms with Crippen LogP contribution in [0.2, 0.25) is 0 Å². The summed E-state index contributed by atoms with van der Waals surface area (Å²) >= 11 is 1.23. The summed E-state index contributed by atoms with van der Waals surface area (Å²) in [7, 11) is 1.54. The fourth-order valence-corrected chi connectivity index (χ4v) is 6.60. The number of fused-ring (bicyclic) bond motifs is 1. The van der Waals surface area contributed by atoms with Gasteiger partial charge in [-0.2, -0.15) is 0 Å². The molecule has 0 radical (unpaired) electrons. The summed E-state index contributed by atoms with van der Waals surface area (Å²) in [6, 6.07) is 13.2. The molecule has 234 valence electrons. The summed E-state index contributed by atoms with van der Waals surface area (Å²) in [6.45, 7) is 11.3. The SMILES string of the molecule is CCOC(=O)C1=C(C)N=c2s/c(=C\c3cc(C)n(-c4cccc(C(=O)O)c4)c3C)c(=O)n2[C@H]1c1ccc(OC(C)C)c(OC)c1. The van der Waals surface area contributed by atoms with Gasteiger partial charge in [-0.15, -0.1) is 0 Å². The number of esters is 1. The van der Waals surface area contributed by atoms with Gasteiger partial charge in [-0.3, -0.25) is 9.36 Å². The first-order valence-corrected chi connectivity index (χ1v) is 15.3. The number of rotatable bonds is 9. The van der Waals surface area contributed by atoms with E-state index in [2.05, 4.69) is 4.99 Å². The van der Waals surface area contributed by atoms with Gasteiger partial charge in [0.05, 0.1) is 47.2 Å². The van der Waals surface area contributed by atoms with Crippen molar-refractivity contribution >= 4 is 29.4 Å². The normalized spacial score (nSPS) is 14.8. The fraction of sp³-hybridized carbons (Fsp3) is 0.294. The standard InChI is InChI=1S/C34H35N3O7S/c1-8-43-33(41)29-20(5)35-34-37(30(29)22-12-13-26(44-18(2)3)27(16-22)42-7)31(38)28(45-34)17-24-14-19(4)36(21(24)6)25-11-9-10-23(15-25)32(39)40/h9-18,30H,8H2,1-7H3,(H,39,40)/b28-17-/t30-/m0/s1. The third-order valence-corrected chi connectivity index (χ3v) is 8.47. The van der Waals surface area contributed by atoms with E-state index < -0.39 is 18.0 Å². The fourth-order valence-electron chi connectivity index (χ4n) is 5.56. The van der Waals surface area contributed by atoms with Crippen molar-refractivity contribution in [2.45, 2.75) is 53.7 Å². The van der Waals surface area contributed by atoms with Crippen LogP contribution >= 0.6 is 11.3 Å². The highest BCUT2D eigenvalue weighted by molar-refractivity contribution is 7.07. The molecule has 0 amide bonds. The van der Waals surface area contributed by atoms with Crippen molar-refractivity contribution in [3.63, 3.8) is 0 Å². The van der Waals surface area contributed by atoms with Crippen LogP contribution in [0.5, 0.6) is 11.5 Å². The zero-order valence-corrected chi connectivity index (χ0v) is 27.0. The van der Waals surface area contributed by atoms with E-state index in [1.807, 2.05) is 56.5 Å². The number of allylic oxidation sites excluding steroid dienone is 1. The summed E-state index contributed by atoms with van der Waals surface area (Å²) < 4.78 is 20.9. The lowest BCUT2D eigenvalue weighted by atomic mass is 9.95. The Hall–Kier alpha value is -4.90. The topological polar surface area (TPSA) is 121 Å². The largest absolute Gasteiger partial charge is 0.493 e. The predicted molar refractivity (Wildman–Crippen MR) is 171 cm³/mol. The minimum atomic E-state index is -1.01. The molecule has 2 aromatic heterocycles. The number of thiazole rings is 1. The molecular weight excluding hydrogens is 594 g/mol. The molecule has 0 aliphatic carbocycles. The number of aromatic nitrogens is 2. The van der Waals surface area contributed by atoms with Crippen LogP contribution in [0.3, 0.4) is 0 Å². The Bertz CT molecular complexity index is 2030. The molecule has 10 nitrogen and oxygen atoms in total. The lowest BCUT2D eigenvalue weighted by Crippen LogP contribution is -2.40. The Labute approximate surface area is 264 Å². The lowest BCUT2D eigenvalue weighted by molar-refractivity contribution is -0.139. The van der Waals surface area contributed by atoms with Gasteiger partial charge in [0.25, 0.3) is 5.56 Å². The summed E-state index contributed by atoms with van der Waals surface area (Å²) in [5.41, 5.74) is 4.48. The number of ether oxygens (including phenoxy) is 3. The van der Waals surface area contributed by atoms with E-state index in [1.54, 1.807) is 51.3 Å². The van der Waals surface area contributed by atoms with Gasteiger partial charge in [0, 0.05) is 17.1 Å². The molecule has 0 spiro atoms. The van der Waals surface area contributed by atoms with Crippen LogP contribution in [-0.2, 0) is 9.53 Å². The zero-order chi connectivity index (χ0) is 32.6. The predicted octanol–water partition coefficient (Wildman–Crippen LogP) is 4.70. The first kappa shape index (κ1) is 31.5. The molecule has 1 atom stereocenters. The van der Waals surface area contributed by atoms with Crippen molar-refractivity contribution in [1.29, 1.82) is 0 Å². The van der Waals surface area contributed by atoms with E-state index in [4.69, 9.17) is 14.2 Å². The molecule has 1 N–H and O–H groups in total. The molecule has 0 saturated carbocycles. The minimum absolute atomic E-state index is 0.0808. The van der Waals surface area contributed by atoms with E-state index in [-0.39, 0.29) is 29.4 Å². The van der Waals surface area contributed by atoms with E-state index >= 15 is 0 Å². The number of methoxy groups -OCH3 is 1. The zero-order valence-electron chi connectivity index (χ0n) is 26.2. The average Bonchev–Trinajstić information content (AvgIpc) is 3.45. The van der Waals surface area contributed by atoms with Crippen LogP contribution in [0.1, 0.15) is 66.6 Å². The van der Waals surface area contributed by atoms with E-state index in [1.165, 1.54) is 15.9 Å². The van der Waals surface area contributed by atoms with Crippen LogP contribution < -0.4 is 24.4 Å². The average molecular weight is 630 g/mol. The molecule has 1 aliphatic rings. The van der Waals surface area contributed by atoms with Gasteiger partial charge in [0.2, 0.25) is 0 Å². The maximum Gasteiger partial charge on any atom is 0.338 e. The number of aryl methyl sites for hydroxylation is 1. The van der Waals surface area contributed by atoms with Crippen LogP contribution in [0.25, 0.3) is 11.8 Å². The second kappa shape index (κ2) is 12.6. The Morgan fingerprint density at radius 2 is 1.84 bits per heavy atom. The van der Waals surface area contributed by atoms with Gasteiger partial charge in [0.1, 0.15) is 0 Å². The van der Waals surface area contributed by atoms with Gasteiger partial charge < -0.3 is 23.9 Å². The number of carbonyl (C=O) groups is 2. The van der Waals surface area contributed by atoms with Crippen molar-refractivity contribution in [3.05, 3.63) is 108 Å².